The molecular weight excluding hydrogens is 455 g/mol. The lowest BCUT2D eigenvalue weighted by atomic mass is 10.2. The standard InChI is InChI=1S/C25H21FN4O5/c1-33-22-13-19-20(14-23(22)34-2)27-11-10-21(19)35-18-8-6-16(7-9-18)28-24(31)30-25(32)29-17-5-3-4-15(26)12-17/h3-14H,1-2H3,(H3,28,29,30,31,32). The second kappa shape index (κ2) is 10.4. The summed E-state index contributed by atoms with van der Waals surface area (Å²) in [5.74, 6) is 1.67. The van der Waals surface area contributed by atoms with Crippen molar-refractivity contribution in [3.05, 3.63) is 78.7 Å². The van der Waals surface area contributed by atoms with Crippen LogP contribution in [0.2, 0.25) is 0 Å². The lowest BCUT2D eigenvalue weighted by molar-refractivity contribution is 0.240. The van der Waals surface area contributed by atoms with Gasteiger partial charge in [-0.05, 0) is 54.6 Å². The smallest absolute Gasteiger partial charge is 0.327 e. The summed E-state index contributed by atoms with van der Waals surface area (Å²) in [5.41, 5.74) is 1.32. The van der Waals surface area contributed by atoms with Crippen LogP contribution in [0.4, 0.5) is 25.4 Å². The first-order chi connectivity index (χ1) is 16.9. The molecule has 0 atom stereocenters. The van der Waals surface area contributed by atoms with Crippen LogP contribution in [0, 0.1) is 5.82 Å². The van der Waals surface area contributed by atoms with Crippen LogP contribution in [-0.2, 0) is 0 Å². The summed E-state index contributed by atoms with van der Waals surface area (Å²) < 4.78 is 29.9. The van der Waals surface area contributed by atoms with Gasteiger partial charge < -0.3 is 24.8 Å². The molecule has 0 bridgehead atoms. The molecule has 9 nitrogen and oxygen atoms in total. The highest BCUT2D eigenvalue weighted by Gasteiger charge is 2.12. The summed E-state index contributed by atoms with van der Waals surface area (Å²) in [6, 6.07) is 15.6. The van der Waals surface area contributed by atoms with Crippen LogP contribution in [0.15, 0.2) is 72.9 Å². The summed E-state index contributed by atoms with van der Waals surface area (Å²) in [6.45, 7) is 0. The van der Waals surface area contributed by atoms with Crippen LogP contribution >= 0.6 is 0 Å². The number of imide groups is 1. The van der Waals surface area contributed by atoms with Crippen LogP contribution < -0.4 is 30.2 Å². The molecule has 0 saturated heterocycles. The predicted octanol–water partition coefficient (Wildman–Crippen LogP) is 5.54. The molecule has 35 heavy (non-hydrogen) atoms. The van der Waals surface area contributed by atoms with Gasteiger partial charge in [-0.3, -0.25) is 10.3 Å². The molecule has 0 aliphatic carbocycles. The molecular formula is C25H21FN4O5. The number of amides is 4. The number of hydrogen-bond acceptors (Lipinski definition) is 6. The van der Waals surface area contributed by atoms with Gasteiger partial charge in [0, 0.05) is 29.0 Å². The van der Waals surface area contributed by atoms with E-state index in [0.717, 1.165) is 11.5 Å². The number of methoxy groups -OCH3 is 2. The number of anilines is 2. The van der Waals surface area contributed by atoms with E-state index in [1.807, 2.05) is 0 Å². The number of benzene rings is 3. The van der Waals surface area contributed by atoms with Gasteiger partial charge in [-0.25, -0.2) is 14.0 Å². The molecule has 4 aromatic rings. The van der Waals surface area contributed by atoms with Crippen molar-refractivity contribution in [1.29, 1.82) is 0 Å². The number of pyridine rings is 1. The monoisotopic (exact) mass is 476 g/mol. The molecule has 4 rings (SSSR count). The van der Waals surface area contributed by atoms with Gasteiger partial charge in [0.2, 0.25) is 0 Å². The van der Waals surface area contributed by atoms with Crippen molar-refractivity contribution < 1.29 is 28.2 Å². The molecule has 0 spiro atoms. The second-order valence-electron chi connectivity index (χ2n) is 7.20. The molecule has 178 valence electrons. The fraction of sp³-hybridized carbons (Fsp3) is 0.0800. The molecule has 4 amide bonds. The largest absolute Gasteiger partial charge is 0.493 e. The molecule has 10 heteroatoms. The first-order valence-corrected chi connectivity index (χ1v) is 10.4. The van der Waals surface area contributed by atoms with E-state index >= 15 is 0 Å². The maximum atomic E-state index is 13.2. The molecule has 3 N–H and O–H groups in total. The molecule has 0 saturated carbocycles. The van der Waals surface area contributed by atoms with E-state index < -0.39 is 17.9 Å². The number of hydrogen-bond donors (Lipinski definition) is 3. The molecule has 0 radical (unpaired) electrons. The number of nitrogens with one attached hydrogen (secondary N) is 3. The van der Waals surface area contributed by atoms with E-state index in [0.29, 0.717) is 34.2 Å². The predicted molar refractivity (Wildman–Crippen MR) is 129 cm³/mol. The number of halogens is 1. The second-order valence-corrected chi connectivity index (χ2v) is 7.20. The lowest BCUT2D eigenvalue weighted by Gasteiger charge is -2.13. The van der Waals surface area contributed by atoms with Crippen molar-refractivity contribution in [2.75, 3.05) is 24.9 Å². The molecule has 1 heterocycles. The quantitative estimate of drug-likeness (QED) is 0.337. The Morgan fingerprint density at radius 1 is 0.800 bits per heavy atom. The van der Waals surface area contributed by atoms with Gasteiger partial charge in [0.25, 0.3) is 0 Å². The van der Waals surface area contributed by atoms with Gasteiger partial charge in [-0.2, -0.15) is 0 Å². The number of ether oxygens (including phenoxy) is 3. The van der Waals surface area contributed by atoms with E-state index in [9.17, 15) is 14.0 Å². The molecule has 1 aromatic heterocycles. The molecule has 0 aliphatic rings. The van der Waals surface area contributed by atoms with E-state index in [-0.39, 0.29) is 5.69 Å². The van der Waals surface area contributed by atoms with E-state index in [2.05, 4.69) is 20.9 Å². The van der Waals surface area contributed by atoms with Crippen LogP contribution in [0.1, 0.15) is 0 Å². The zero-order chi connectivity index (χ0) is 24.8. The highest BCUT2D eigenvalue weighted by Crippen LogP contribution is 2.36. The maximum absolute atomic E-state index is 13.2. The third-order valence-corrected chi connectivity index (χ3v) is 4.86. The summed E-state index contributed by atoms with van der Waals surface area (Å²) in [7, 11) is 3.10. The normalized spacial score (nSPS) is 10.4. The van der Waals surface area contributed by atoms with Crippen molar-refractivity contribution in [1.82, 2.24) is 10.3 Å². The van der Waals surface area contributed by atoms with Gasteiger partial charge in [0.05, 0.1) is 19.7 Å². The highest BCUT2D eigenvalue weighted by molar-refractivity contribution is 6.05. The number of rotatable bonds is 6. The van der Waals surface area contributed by atoms with Gasteiger partial charge in [-0.15, -0.1) is 0 Å². The van der Waals surface area contributed by atoms with Crippen molar-refractivity contribution in [2.24, 2.45) is 0 Å². The molecule has 3 aromatic carbocycles. The lowest BCUT2D eigenvalue weighted by Crippen LogP contribution is -2.37. The zero-order valence-corrected chi connectivity index (χ0v) is 18.8. The topological polar surface area (TPSA) is 111 Å². The van der Waals surface area contributed by atoms with Gasteiger partial charge in [0.1, 0.15) is 17.3 Å². The Labute approximate surface area is 199 Å². The van der Waals surface area contributed by atoms with Crippen LogP contribution in [-0.4, -0.2) is 31.3 Å². The number of nitrogens with zero attached hydrogens (tertiary/aromatic N) is 1. The first-order valence-electron chi connectivity index (χ1n) is 10.4. The third kappa shape index (κ3) is 5.74. The zero-order valence-electron chi connectivity index (χ0n) is 18.8. The Morgan fingerprint density at radius 2 is 1.49 bits per heavy atom. The SMILES string of the molecule is COc1cc2nccc(Oc3ccc(NC(=O)NC(=O)Nc4cccc(F)c4)cc3)c2cc1OC. The average molecular weight is 476 g/mol. The van der Waals surface area contributed by atoms with Crippen molar-refractivity contribution in [3.63, 3.8) is 0 Å². The minimum Gasteiger partial charge on any atom is -0.493 e. The number of carbonyl (C=O) groups excluding carboxylic acids is 2. The van der Waals surface area contributed by atoms with E-state index in [4.69, 9.17) is 14.2 Å². The van der Waals surface area contributed by atoms with E-state index in [1.165, 1.54) is 18.2 Å². The van der Waals surface area contributed by atoms with Crippen molar-refractivity contribution in [3.8, 4) is 23.0 Å². The van der Waals surface area contributed by atoms with E-state index in [1.54, 1.807) is 62.9 Å². The van der Waals surface area contributed by atoms with Crippen LogP contribution in [0.5, 0.6) is 23.0 Å². The van der Waals surface area contributed by atoms with Crippen molar-refractivity contribution in [2.45, 2.75) is 0 Å². The molecule has 0 fully saturated rings. The average Bonchev–Trinajstić information content (AvgIpc) is 2.84. The molecule has 0 aliphatic heterocycles. The van der Waals surface area contributed by atoms with Gasteiger partial charge >= 0.3 is 12.1 Å². The fourth-order valence-corrected chi connectivity index (χ4v) is 3.26. The summed E-state index contributed by atoms with van der Waals surface area (Å²) in [6.07, 6.45) is 1.62. The Morgan fingerprint density at radius 3 is 2.17 bits per heavy atom. The van der Waals surface area contributed by atoms with Gasteiger partial charge in [0.15, 0.2) is 11.5 Å². The maximum Gasteiger partial charge on any atom is 0.327 e. The van der Waals surface area contributed by atoms with Crippen molar-refractivity contribution >= 4 is 34.3 Å². The number of carbonyl (C=O) groups is 2. The van der Waals surface area contributed by atoms with Gasteiger partial charge in [-0.1, -0.05) is 6.07 Å². The van der Waals surface area contributed by atoms with Crippen LogP contribution in [0.3, 0.4) is 0 Å². The summed E-state index contributed by atoms with van der Waals surface area (Å²) >= 11 is 0. The number of fused-ring (bicyclic) bond motifs is 1. The minimum atomic E-state index is -0.801. The van der Waals surface area contributed by atoms with Crippen LogP contribution in [0.25, 0.3) is 10.9 Å². The summed E-state index contributed by atoms with van der Waals surface area (Å²) in [5, 5.41) is 7.75. The molecule has 0 unspecified atom stereocenters. The Hall–Kier alpha value is -4.86. The number of aromatic nitrogens is 1. The minimum absolute atomic E-state index is 0.219. The fourth-order valence-electron chi connectivity index (χ4n) is 3.26. The third-order valence-electron chi connectivity index (χ3n) is 4.86. The Bertz CT molecular complexity index is 1380. The Balaban J connectivity index is 1.40. The highest BCUT2D eigenvalue weighted by atomic mass is 19.1. The first kappa shape index (κ1) is 23.3. The summed E-state index contributed by atoms with van der Waals surface area (Å²) in [4.78, 5) is 28.4. The number of urea groups is 2. The Kier molecular flexibility index (Phi) is 6.91.